The van der Waals surface area contributed by atoms with E-state index in [4.69, 9.17) is 9.84 Å². The van der Waals surface area contributed by atoms with Crippen molar-refractivity contribution < 1.29 is 19.4 Å². The average molecular weight is 376 g/mol. The Morgan fingerprint density at radius 3 is 2.70 bits per heavy atom. The third-order valence-electron chi connectivity index (χ3n) is 5.61. The highest BCUT2D eigenvalue weighted by Gasteiger charge is 2.35. The summed E-state index contributed by atoms with van der Waals surface area (Å²) in [6.45, 7) is 6.93. The number of hydrogen-bond acceptors (Lipinski definition) is 4. The van der Waals surface area contributed by atoms with Gasteiger partial charge in [0.05, 0.1) is 12.2 Å². The standard InChI is InChI=1S/C22H33NO4/c1-15(2)18-9-8-16(3)14-20(18)21(25)23-11-10-17-6-4-5-7-19(17)22(26)27-13-12-24/h4-7,15-16,18,20,24H,8-14H2,1-3H3,(H,23,25)/t16?,18-,20+/m0/s1. The summed E-state index contributed by atoms with van der Waals surface area (Å²) >= 11 is 0. The fourth-order valence-electron chi connectivity index (χ4n) is 4.11. The van der Waals surface area contributed by atoms with Crippen LogP contribution in [0.5, 0.6) is 0 Å². The van der Waals surface area contributed by atoms with Crippen molar-refractivity contribution in [1.82, 2.24) is 5.32 Å². The van der Waals surface area contributed by atoms with E-state index in [0.29, 0.717) is 36.3 Å². The molecule has 0 saturated heterocycles. The maximum atomic E-state index is 12.8. The number of carbonyl (C=O) groups excluding carboxylic acids is 2. The van der Waals surface area contributed by atoms with Gasteiger partial charge in [-0.05, 0) is 48.6 Å². The van der Waals surface area contributed by atoms with Crippen molar-refractivity contribution in [3.63, 3.8) is 0 Å². The molecule has 0 radical (unpaired) electrons. The quantitative estimate of drug-likeness (QED) is 0.684. The first-order valence-corrected chi connectivity index (χ1v) is 10.1. The van der Waals surface area contributed by atoms with E-state index in [-0.39, 0.29) is 25.0 Å². The molecule has 2 N–H and O–H groups in total. The fourth-order valence-corrected chi connectivity index (χ4v) is 4.11. The normalized spacial score (nSPS) is 22.5. The van der Waals surface area contributed by atoms with Gasteiger partial charge in [-0.3, -0.25) is 4.79 Å². The minimum atomic E-state index is -0.438. The number of aliphatic hydroxyl groups excluding tert-OH is 1. The molecule has 1 aliphatic rings. The van der Waals surface area contributed by atoms with E-state index in [1.165, 1.54) is 6.42 Å². The summed E-state index contributed by atoms with van der Waals surface area (Å²) in [5.41, 5.74) is 1.34. The van der Waals surface area contributed by atoms with Crippen molar-refractivity contribution in [2.75, 3.05) is 19.8 Å². The molecule has 5 nitrogen and oxygen atoms in total. The number of hydrogen-bond donors (Lipinski definition) is 2. The topological polar surface area (TPSA) is 75.6 Å². The summed E-state index contributed by atoms with van der Waals surface area (Å²) in [5.74, 6) is 1.33. The SMILES string of the molecule is CC1CC[C@@H](C(C)C)[C@H](C(=O)NCCc2ccccc2C(=O)OCCO)C1. The van der Waals surface area contributed by atoms with Crippen molar-refractivity contribution >= 4 is 11.9 Å². The summed E-state index contributed by atoms with van der Waals surface area (Å²) in [6.07, 6.45) is 3.86. The zero-order valence-electron chi connectivity index (χ0n) is 16.7. The van der Waals surface area contributed by atoms with E-state index in [1.807, 2.05) is 12.1 Å². The lowest BCUT2D eigenvalue weighted by atomic mass is 9.70. The van der Waals surface area contributed by atoms with E-state index in [0.717, 1.165) is 18.4 Å². The maximum Gasteiger partial charge on any atom is 0.338 e. The number of nitrogens with one attached hydrogen (secondary N) is 1. The minimum Gasteiger partial charge on any atom is -0.460 e. The van der Waals surface area contributed by atoms with Crippen LogP contribution in [0.1, 0.15) is 56.0 Å². The summed E-state index contributed by atoms with van der Waals surface area (Å²) in [6, 6.07) is 7.25. The van der Waals surface area contributed by atoms with Crippen molar-refractivity contribution in [3.8, 4) is 0 Å². The zero-order chi connectivity index (χ0) is 19.8. The van der Waals surface area contributed by atoms with Gasteiger partial charge in [0.15, 0.2) is 0 Å². The van der Waals surface area contributed by atoms with Gasteiger partial charge in [0, 0.05) is 12.5 Å². The fraction of sp³-hybridized carbons (Fsp3) is 0.636. The van der Waals surface area contributed by atoms with Crippen LogP contribution in [0.3, 0.4) is 0 Å². The molecular weight excluding hydrogens is 342 g/mol. The molecule has 1 unspecified atom stereocenters. The number of ether oxygens (including phenoxy) is 1. The van der Waals surface area contributed by atoms with E-state index >= 15 is 0 Å². The molecule has 3 atom stereocenters. The molecule has 0 spiro atoms. The third-order valence-corrected chi connectivity index (χ3v) is 5.61. The molecule has 1 aliphatic carbocycles. The predicted molar refractivity (Wildman–Crippen MR) is 105 cm³/mol. The highest BCUT2D eigenvalue weighted by Crippen LogP contribution is 2.38. The molecule has 1 fully saturated rings. The Labute approximate surface area is 162 Å². The molecule has 1 saturated carbocycles. The molecule has 1 aromatic rings. The van der Waals surface area contributed by atoms with Crippen LogP contribution in [0.4, 0.5) is 0 Å². The number of amides is 1. The Hall–Kier alpha value is -1.88. The molecular formula is C22H33NO4. The van der Waals surface area contributed by atoms with Crippen LogP contribution < -0.4 is 5.32 Å². The van der Waals surface area contributed by atoms with Crippen LogP contribution in [0.15, 0.2) is 24.3 Å². The lowest BCUT2D eigenvalue weighted by Gasteiger charge is -2.36. The molecule has 0 bridgehead atoms. The summed E-state index contributed by atoms with van der Waals surface area (Å²) < 4.78 is 5.02. The van der Waals surface area contributed by atoms with Gasteiger partial charge in [0.25, 0.3) is 0 Å². The number of rotatable bonds is 8. The molecule has 1 amide bonds. The van der Waals surface area contributed by atoms with Crippen LogP contribution in [0.2, 0.25) is 0 Å². The van der Waals surface area contributed by atoms with Gasteiger partial charge in [-0.15, -0.1) is 0 Å². The van der Waals surface area contributed by atoms with Crippen LogP contribution in [0, 0.1) is 23.7 Å². The molecule has 0 aliphatic heterocycles. The van der Waals surface area contributed by atoms with Crippen molar-refractivity contribution in [2.24, 2.45) is 23.7 Å². The van der Waals surface area contributed by atoms with Gasteiger partial charge < -0.3 is 15.2 Å². The predicted octanol–water partition coefficient (Wildman–Crippen LogP) is 3.20. The smallest absolute Gasteiger partial charge is 0.338 e. The molecule has 0 aromatic heterocycles. The van der Waals surface area contributed by atoms with E-state index in [2.05, 4.69) is 26.1 Å². The van der Waals surface area contributed by atoms with E-state index in [1.54, 1.807) is 12.1 Å². The van der Waals surface area contributed by atoms with E-state index < -0.39 is 5.97 Å². The van der Waals surface area contributed by atoms with E-state index in [9.17, 15) is 9.59 Å². The van der Waals surface area contributed by atoms with Crippen LogP contribution in [-0.2, 0) is 16.0 Å². The second-order valence-corrected chi connectivity index (χ2v) is 7.99. The summed E-state index contributed by atoms with van der Waals surface area (Å²) in [4.78, 5) is 24.9. The summed E-state index contributed by atoms with van der Waals surface area (Å²) in [7, 11) is 0. The molecule has 5 heteroatoms. The maximum absolute atomic E-state index is 12.8. The number of aliphatic hydroxyl groups is 1. The number of carbonyl (C=O) groups is 2. The Kier molecular flexibility index (Phi) is 8.29. The molecule has 0 heterocycles. The second-order valence-electron chi connectivity index (χ2n) is 7.99. The monoisotopic (exact) mass is 375 g/mol. The van der Waals surface area contributed by atoms with Crippen molar-refractivity contribution in [2.45, 2.75) is 46.5 Å². The van der Waals surface area contributed by atoms with Gasteiger partial charge in [-0.25, -0.2) is 4.79 Å². The lowest BCUT2D eigenvalue weighted by molar-refractivity contribution is -0.129. The number of esters is 1. The molecule has 1 aromatic carbocycles. The first-order chi connectivity index (χ1) is 12.9. The Morgan fingerprint density at radius 1 is 1.26 bits per heavy atom. The minimum absolute atomic E-state index is 0.0135. The van der Waals surface area contributed by atoms with Crippen LogP contribution in [0.25, 0.3) is 0 Å². The molecule has 2 rings (SSSR count). The Balaban J connectivity index is 1.93. The third kappa shape index (κ3) is 6.06. The molecule has 27 heavy (non-hydrogen) atoms. The van der Waals surface area contributed by atoms with Crippen molar-refractivity contribution in [3.05, 3.63) is 35.4 Å². The summed E-state index contributed by atoms with van der Waals surface area (Å²) in [5, 5.41) is 11.9. The second kappa shape index (κ2) is 10.5. The first-order valence-electron chi connectivity index (χ1n) is 10.1. The molecule has 150 valence electrons. The Morgan fingerprint density at radius 2 is 2.00 bits per heavy atom. The number of benzene rings is 1. The van der Waals surface area contributed by atoms with Gasteiger partial charge in [-0.1, -0.05) is 45.4 Å². The lowest BCUT2D eigenvalue weighted by Crippen LogP contribution is -2.40. The van der Waals surface area contributed by atoms with Crippen molar-refractivity contribution in [1.29, 1.82) is 0 Å². The van der Waals surface area contributed by atoms with Gasteiger partial charge >= 0.3 is 5.97 Å². The van der Waals surface area contributed by atoms with Gasteiger partial charge in [-0.2, -0.15) is 0 Å². The Bertz CT molecular complexity index is 628. The zero-order valence-corrected chi connectivity index (χ0v) is 16.7. The van der Waals surface area contributed by atoms with Crippen LogP contribution >= 0.6 is 0 Å². The first kappa shape index (κ1) is 21.4. The van der Waals surface area contributed by atoms with Crippen LogP contribution in [-0.4, -0.2) is 36.7 Å². The van der Waals surface area contributed by atoms with Gasteiger partial charge in [0.1, 0.15) is 6.61 Å². The highest BCUT2D eigenvalue weighted by atomic mass is 16.5. The van der Waals surface area contributed by atoms with Gasteiger partial charge in [0.2, 0.25) is 5.91 Å². The highest BCUT2D eigenvalue weighted by molar-refractivity contribution is 5.91. The largest absolute Gasteiger partial charge is 0.460 e. The average Bonchev–Trinajstić information content (AvgIpc) is 2.66.